The molecule has 0 bridgehead atoms. The van der Waals surface area contributed by atoms with E-state index in [1.807, 2.05) is 13.0 Å². The largest absolute Gasteiger partial charge is 0.361 e. The van der Waals surface area contributed by atoms with E-state index in [1.54, 1.807) is 0 Å². The summed E-state index contributed by atoms with van der Waals surface area (Å²) in [5.74, 6) is 1.55. The van der Waals surface area contributed by atoms with Crippen LogP contribution in [0.25, 0.3) is 0 Å². The van der Waals surface area contributed by atoms with Gasteiger partial charge in [-0.05, 0) is 37.3 Å². The first-order valence-electron chi connectivity index (χ1n) is 6.62. The summed E-state index contributed by atoms with van der Waals surface area (Å²) in [4.78, 5) is 0. The van der Waals surface area contributed by atoms with Gasteiger partial charge in [-0.1, -0.05) is 39.3 Å². The highest BCUT2D eigenvalue weighted by molar-refractivity contribution is 9.10. The molecule has 1 N–H and O–H groups in total. The van der Waals surface area contributed by atoms with E-state index in [9.17, 15) is 0 Å². The zero-order valence-electron chi connectivity index (χ0n) is 10.9. The lowest BCUT2D eigenvalue weighted by Crippen LogP contribution is -2.39. The van der Waals surface area contributed by atoms with Crippen LogP contribution in [0.2, 0.25) is 0 Å². The summed E-state index contributed by atoms with van der Waals surface area (Å²) in [6.45, 7) is 2.72. The summed E-state index contributed by atoms with van der Waals surface area (Å²) in [5, 5.41) is 7.52. The number of rotatable bonds is 4. The van der Waals surface area contributed by atoms with Crippen LogP contribution in [0.5, 0.6) is 0 Å². The number of hydrogen-bond acceptors (Lipinski definition) is 3. The van der Waals surface area contributed by atoms with Crippen LogP contribution in [0.1, 0.15) is 35.8 Å². The molecule has 0 amide bonds. The van der Waals surface area contributed by atoms with Crippen molar-refractivity contribution in [3.05, 3.63) is 51.8 Å². The molecular formula is C15H17BrN2O. The highest BCUT2D eigenvalue weighted by atomic mass is 79.9. The molecule has 0 aliphatic heterocycles. The van der Waals surface area contributed by atoms with Crippen LogP contribution >= 0.6 is 15.9 Å². The van der Waals surface area contributed by atoms with Gasteiger partial charge in [-0.3, -0.25) is 0 Å². The number of benzene rings is 1. The molecule has 0 saturated heterocycles. The van der Waals surface area contributed by atoms with Crippen molar-refractivity contribution >= 4 is 15.9 Å². The molecular weight excluding hydrogens is 304 g/mol. The number of aromatic nitrogens is 1. The zero-order chi connectivity index (χ0) is 13.2. The maximum Gasteiger partial charge on any atom is 0.133 e. The first kappa shape index (κ1) is 12.9. The monoisotopic (exact) mass is 320 g/mol. The second-order valence-electron chi connectivity index (χ2n) is 5.20. The van der Waals surface area contributed by atoms with Crippen molar-refractivity contribution < 1.29 is 4.52 Å². The Morgan fingerprint density at radius 1 is 1.37 bits per heavy atom. The van der Waals surface area contributed by atoms with Gasteiger partial charge in [0.15, 0.2) is 0 Å². The third-order valence-corrected chi connectivity index (χ3v) is 4.45. The van der Waals surface area contributed by atoms with Gasteiger partial charge in [-0.25, -0.2) is 0 Å². The molecule has 0 spiro atoms. The molecule has 0 atom stereocenters. The Bertz CT molecular complexity index is 561. The normalized spacial score (nSPS) is 22.2. The second-order valence-corrected chi connectivity index (χ2v) is 6.05. The van der Waals surface area contributed by atoms with Crippen LogP contribution in [0.15, 0.2) is 39.3 Å². The van der Waals surface area contributed by atoms with Crippen LogP contribution in [0.3, 0.4) is 0 Å². The number of aryl methyl sites for hydroxylation is 1. The van der Waals surface area contributed by atoms with Crippen LogP contribution in [-0.4, -0.2) is 11.2 Å². The van der Waals surface area contributed by atoms with E-state index in [0.717, 1.165) is 18.0 Å². The molecule has 1 aromatic carbocycles. The summed E-state index contributed by atoms with van der Waals surface area (Å²) in [5.41, 5.74) is 2.42. The lowest BCUT2D eigenvalue weighted by atomic mass is 9.76. The van der Waals surface area contributed by atoms with Crippen LogP contribution < -0.4 is 5.32 Å². The van der Waals surface area contributed by atoms with E-state index in [2.05, 4.69) is 50.7 Å². The Morgan fingerprint density at radius 2 is 2.16 bits per heavy atom. The van der Waals surface area contributed by atoms with Gasteiger partial charge in [0.2, 0.25) is 0 Å². The average molecular weight is 321 g/mol. The maximum atomic E-state index is 5.06. The van der Waals surface area contributed by atoms with Crippen molar-refractivity contribution in [2.24, 2.45) is 0 Å². The molecule has 0 unspecified atom stereocenters. The van der Waals surface area contributed by atoms with Crippen LogP contribution in [0.4, 0.5) is 0 Å². The van der Waals surface area contributed by atoms with Gasteiger partial charge in [-0.2, -0.15) is 0 Å². The SMILES string of the molecule is Cc1cc(CNC2CC(c3ccccc3Br)C2)no1. The zero-order valence-corrected chi connectivity index (χ0v) is 12.5. The lowest BCUT2D eigenvalue weighted by Gasteiger charge is -2.36. The Kier molecular flexibility index (Phi) is 3.71. The Labute approximate surface area is 121 Å². The highest BCUT2D eigenvalue weighted by Crippen LogP contribution is 2.40. The van der Waals surface area contributed by atoms with Crippen molar-refractivity contribution in [3.63, 3.8) is 0 Å². The quantitative estimate of drug-likeness (QED) is 0.931. The summed E-state index contributed by atoms with van der Waals surface area (Å²) in [7, 11) is 0. The third kappa shape index (κ3) is 2.90. The van der Waals surface area contributed by atoms with E-state index < -0.39 is 0 Å². The first-order chi connectivity index (χ1) is 9.22. The van der Waals surface area contributed by atoms with Crippen molar-refractivity contribution in [1.82, 2.24) is 10.5 Å². The molecule has 3 nitrogen and oxygen atoms in total. The van der Waals surface area contributed by atoms with Gasteiger partial charge >= 0.3 is 0 Å². The Morgan fingerprint density at radius 3 is 2.84 bits per heavy atom. The smallest absolute Gasteiger partial charge is 0.133 e. The fourth-order valence-corrected chi connectivity index (χ4v) is 3.20. The number of nitrogens with zero attached hydrogens (tertiary/aromatic N) is 1. The third-order valence-electron chi connectivity index (χ3n) is 3.73. The molecule has 100 valence electrons. The molecule has 2 aromatic rings. The molecule has 1 saturated carbocycles. The Hall–Kier alpha value is -1.13. The average Bonchev–Trinajstić information content (AvgIpc) is 2.75. The van der Waals surface area contributed by atoms with Gasteiger partial charge < -0.3 is 9.84 Å². The molecule has 1 aliphatic carbocycles. The lowest BCUT2D eigenvalue weighted by molar-refractivity contribution is 0.285. The predicted molar refractivity (Wildman–Crippen MR) is 78.0 cm³/mol. The van der Waals surface area contributed by atoms with Crippen LogP contribution in [-0.2, 0) is 6.54 Å². The van der Waals surface area contributed by atoms with Crippen molar-refractivity contribution in [1.29, 1.82) is 0 Å². The molecule has 1 heterocycles. The van der Waals surface area contributed by atoms with Gasteiger partial charge in [-0.15, -0.1) is 0 Å². The van der Waals surface area contributed by atoms with Crippen molar-refractivity contribution in [2.75, 3.05) is 0 Å². The minimum atomic E-state index is 0.592. The summed E-state index contributed by atoms with van der Waals surface area (Å²) in [6, 6.07) is 11.1. The number of hydrogen-bond donors (Lipinski definition) is 1. The summed E-state index contributed by atoms with van der Waals surface area (Å²) in [6.07, 6.45) is 2.39. The molecule has 1 aromatic heterocycles. The first-order valence-corrected chi connectivity index (χ1v) is 7.41. The summed E-state index contributed by atoms with van der Waals surface area (Å²) >= 11 is 3.63. The number of nitrogens with one attached hydrogen (secondary N) is 1. The predicted octanol–water partition coefficient (Wildman–Crippen LogP) is 3.78. The van der Waals surface area contributed by atoms with Crippen molar-refractivity contribution in [2.45, 2.75) is 38.3 Å². The van der Waals surface area contributed by atoms with Gasteiger partial charge in [0.05, 0.1) is 5.69 Å². The van der Waals surface area contributed by atoms with Gasteiger partial charge in [0.1, 0.15) is 5.76 Å². The maximum absolute atomic E-state index is 5.06. The number of halogens is 1. The van der Waals surface area contributed by atoms with Gasteiger partial charge in [0, 0.05) is 23.1 Å². The fourth-order valence-electron chi connectivity index (χ4n) is 2.59. The van der Waals surface area contributed by atoms with Gasteiger partial charge in [0.25, 0.3) is 0 Å². The highest BCUT2D eigenvalue weighted by Gasteiger charge is 2.30. The molecule has 4 heteroatoms. The molecule has 3 rings (SSSR count). The second kappa shape index (κ2) is 5.47. The standard InChI is InChI=1S/C15H17BrN2O/c1-10-6-13(18-19-10)9-17-12-7-11(8-12)14-4-2-3-5-15(14)16/h2-6,11-12,17H,7-9H2,1H3. The molecule has 1 aliphatic rings. The van der Waals surface area contributed by atoms with Crippen LogP contribution in [0, 0.1) is 6.92 Å². The minimum absolute atomic E-state index is 0.592. The topological polar surface area (TPSA) is 38.1 Å². The fraction of sp³-hybridized carbons (Fsp3) is 0.400. The van der Waals surface area contributed by atoms with E-state index in [1.165, 1.54) is 22.9 Å². The van der Waals surface area contributed by atoms with E-state index in [-0.39, 0.29) is 0 Å². The minimum Gasteiger partial charge on any atom is -0.361 e. The Balaban J connectivity index is 1.49. The molecule has 19 heavy (non-hydrogen) atoms. The molecule has 0 radical (unpaired) electrons. The van der Waals surface area contributed by atoms with E-state index in [0.29, 0.717) is 12.0 Å². The van der Waals surface area contributed by atoms with Crippen molar-refractivity contribution in [3.8, 4) is 0 Å². The summed E-state index contributed by atoms with van der Waals surface area (Å²) < 4.78 is 6.29. The van der Waals surface area contributed by atoms with E-state index >= 15 is 0 Å². The molecule has 1 fully saturated rings. The van der Waals surface area contributed by atoms with E-state index in [4.69, 9.17) is 4.52 Å².